The summed E-state index contributed by atoms with van der Waals surface area (Å²) in [5.74, 6) is 0.799. The summed E-state index contributed by atoms with van der Waals surface area (Å²) in [6, 6.07) is 6.40. The van der Waals surface area contributed by atoms with Crippen molar-refractivity contribution in [3.05, 3.63) is 47.7 Å². The lowest BCUT2D eigenvalue weighted by Crippen LogP contribution is -2.42. The number of alkyl halides is 3. The highest BCUT2D eigenvalue weighted by molar-refractivity contribution is 7.92. The normalized spacial score (nSPS) is 18.3. The highest BCUT2D eigenvalue weighted by Gasteiger charge is 2.33. The lowest BCUT2D eigenvalue weighted by Gasteiger charge is -2.31. The van der Waals surface area contributed by atoms with Crippen LogP contribution in [0.3, 0.4) is 0 Å². The van der Waals surface area contributed by atoms with Crippen molar-refractivity contribution >= 4 is 21.5 Å². The molecule has 0 atom stereocenters. The molecule has 0 radical (unpaired) electrons. The Morgan fingerprint density at radius 2 is 1.94 bits per heavy atom. The van der Waals surface area contributed by atoms with Crippen LogP contribution >= 0.6 is 0 Å². The van der Waals surface area contributed by atoms with Gasteiger partial charge in [0.1, 0.15) is 18.1 Å². The summed E-state index contributed by atoms with van der Waals surface area (Å²) < 4.78 is 71.1. The molecule has 1 N–H and O–H groups in total. The Labute approximate surface area is 184 Å². The van der Waals surface area contributed by atoms with E-state index in [1.165, 1.54) is 28.6 Å². The molecular weight excluding hydrogens is 445 g/mol. The summed E-state index contributed by atoms with van der Waals surface area (Å²) >= 11 is 0. The number of aromatic nitrogens is 1. The van der Waals surface area contributed by atoms with Crippen molar-refractivity contribution in [1.29, 1.82) is 0 Å². The Kier molecular flexibility index (Phi) is 5.56. The molecule has 0 saturated heterocycles. The maximum Gasteiger partial charge on any atom is 0.393 e. The van der Waals surface area contributed by atoms with Crippen LogP contribution in [-0.4, -0.2) is 51.7 Å². The van der Waals surface area contributed by atoms with Gasteiger partial charge in [0.15, 0.2) is 0 Å². The molecule has 32 heavy (non-hydrogen) atoms. The van der Waals surface area contributed by atoms with Gasteiger partial charge in [-0.3, -0.25) is 9.30 Å². The fourth-order valence-electron chi connectivity index (χ4n) is 3.51. The molecule has 2 aromatic rings. The molecule has 0 fully saturated rings. The predicted octanol–water partition coefficient (Wildman–Crippen LogP) is 3.15. The number of halogens is 3. The van der Waals surface area contributed by atoms with Crippen LogP contribution in [0.15, 0.2) is 46.4 Å². The molecule has 2 aliphatic heterocycles. The van der Waals surface area contributed by atoms with E-state index in [4.69, 9.17) is 4.74 Å². The predicted molar refractivity (Wildman–Crippen MR) is 114 cm³/mol. The lowest BCUT2D eigenvalue weighted by atomic mass is 9.92. The van der Waals surface area contributed by atoms with Crippen LogP contribution in [0.2, 0.25) is 0 Å². The van der Waals surface area contributed by atoms with Crippen LogP contribution in [0, 0.1) is 5.41 Å². The monoisotopic (exact) mass is 468 g/mol. The summed E-state index contributed by atoms with van der Waals surface area (Å²) in [6.07, 6.45) is -3.91. The van der Waals surface area contributed by atoms with Crippen LogP contribution in [0.25, 0.3) is 0 Å². The number of nitrogens with zero attached hydrogens (tertiary/aromatic N) is 3. The first kappa shape index (κ1) is 22.4. The number of pyridine rings is 1. The largest absolute Gasteiger partial charge is 0.474 e. The van der Waals surface area contributed by atoms with Crippen LogP contribution < -0.4 is 14.4 Å². The van der Waals surface area contributed by atoms with Gasteiger partial charge in [-0.2, -0.15) is 13.2 Å². The van der Waals surface area contributed by atoms with Gasteiger partial charge >= 0.3 is 6.18 Å². The third kappa shape index (κ3) is 4.67. The molecule has 7 nitrogen and oxygen atoms in total. The fourth-order valence-corrected chi connectivity index (χ4v) is 4.95. The zero-order chi connectivity index (χ0) is 23.1. The van der Waals surface area contributed by atoms with Crippen molar-refractivity contribution < 1.29 is 26.3 Å². The van der Waals surface area contributed by atoms with Crippen molar-refractivity contribution in [3.8, 4) is 5.88 Å². The number of ether oxygens (including phenoxy) is 1. The molecule has 0 amide bonds. The van der Waals surface area contributed by atoms with E-state index in [-0.39, 0.29) is 40.6 Å². The first-order valence-corrected chi connectivity index (χ1v) is 11.5. The Morgan fingerprint density at radius 3 is 2.56 bits per heavy atom. The van der Waals surface area contributed by atoms with E-state index in [9.17, 15) is 21.6 Å². The van der Waals surface area contributed by atoms with Crippen LogP contribution in [-0.2, 0) is 16.4 Å². The molecule has 3 heterocycles. The topological polar surface area (TPSA) is 83.9 Å². The third-order valence-electron chi connectivity index (χ3n) is 5.22. The van der Waals surface area contributed by atoms with E-state index in [2.05, 4.69) is 29.1 Å². The Balaban J connectivity index is 1.65. The first-order valence-electron chi connectivity index (χ1n) is 10.0. The number of nitrogens with one attached hydrogen (secondary N) is 1. The second-order valence-electron chi connectivity index (χ2n) is 8.59. The molecular formula is C21H23F3N4O3S. The van der Waals surface area contributed by atoms with Gasteiger partial charge in [0.25, 0.3) is 10.0 Å². The molecule has 172 valence electrons. The van der Waals surface area contributed by atoms with E-state index in [1.807, 2.05) is 0 Å². The summed E-state index contributed by atoms with van der Waals surface area (Å²) in [4.78, 5) is 8.72. The van der Waals surface area contributed by atoms with Gasteiger partial charge in [0.05, 0.1) is 17.9 Å². The minimum Gasteiger partial charge on any atom is -0.474 e. The first-order chi connectivity index (χ1) is 14.9. The quantitative estimate of drug-likeness (QED) is 0.746. The van der Waals surface area contributed by atoms with E-state index in [0.717, 1.165) is 0 Å². The maximum atomic E-state index is 13.3. The standard InChI is InChI=1S/C21H23F3N4O3S/c1-20(2)12-26-18(27-13-20)15-9-17-19(25-11-15)31-8-7-28(17)32(29,30)16-5-3-14(4-6-16)10-21(22,23)24/h3-6,9,11H,7-8,10,12-13H2,1-2H3,(H,26,27). The Bertz CT molecular complexity index is 1150. The van der Waals surface area contributed by atoms with Gasteiger partial charge in [0, 0.05) is 30.3 Å². The van der Waals surface area contributed by atoms with Gasteiger partial charge < -0.3 is 10.1 Å². The molecule has 0 spiro atoms. The third-order valence-corrected chi connectivity index (χ3v) is 7.05. The number of sulfonamides is 1. The van der Waals surface area contributed by atoms with Crippen LogP contribution in [0.4, 0.5) is 18.9 Å². The molecule has 1 aromatic heterocycles. The zero-order valence-electron chi connectivity index (χ0n) is 17.6. The SMILES string of the molecule is CC1(C)CN=C(c2cnc3c(c2)N(S(=O)(=O)c2ccc(CC(F)(F)F)cc2)CCO3)NC1. The average Bonchev–Trinajstić information content (AvgIpc) is 2.72. The fraction of sp³-hybridized carbons (Fsp3) is 0.429. The van der Waals surface area contributed by atoms with Gasteiger partial charge in [-0.25, -0.2) is 13.4 Å². The van der Waals surface area contributed by atoms with Crippen molar-refractivity contribution in [2.75, 3.05) is 30.5 Å². The summed E-state index contributed by atoms with van der Waals surface area (Å²) in [7, 11) is -4.03. The molecule has 0 unspecified atom stereocenters. The number of hydrogen-bond donors (Lipinski definition) is 1. The number of fused-ring (bicyclic) bond motifs is 1. The van der Waals surface area contributed by atoms with Crippen LogP contribution in [0.5, 0.6) is 5.88 Å². The molecule has 4 rings (SSSR count). The van der Waals surface area contributed by atoms with Gasteiger partial charge in [0.2, 0.25) is 5.88 Å². The van der Waals surface area contributed by atoms with E-state index in [1.54, 1.807) is 12.3 Å². The molecule has 1 aromatic carbocycles. The smallest absolute Gasteiger partial charge is 0.393 e. The summed E-state index contributed by atoms with van der Waals surface area (Å²) in [6.45, 7) is 5.68. The van der Waals surface area contributed by atoms with Crippen molar-refractivity contribution in [2.24, 2.45) is 10.4 Å². The number of rotatable bonds is 4. The lowest BCUT2D eigenvalue weighted by molar-refractivity contribution is -0.127. The maximum absolute atomic E-state index is 13.3. The van der Waals surface area contributed by atoms with Crippen molar-refractivity contribution in [3.63, 3.8) is 0 Å². The minimum absolute atomic E-state index is 0.00732. The number of hydrogen-bond acceptors (Lipinski definition) is 6. The highest BCUT2D eigenvalue weighted by Crippen LogP contribution is 2.35. The summed E-state index contributed by atoms with van der Waals surface area (Å²) in [5, 5.41) is 3.25. The number of aliphatic imine (C=N–C) groups is 1. The molecule has 0 saturated carbocycles. The second-order valence-corrected chi connectivity index (χ2v) is 10.5. The highest BCUT2D eigenvalue weighted by atomic mass is 32.2. The van der Waals surface area contributed by atoms with Crippen molar-refractivity contribution in [2.45, 2.75) is 31.3 Å². The second kappa shape index (κ2) is 7.95. The number of anilines is 1. The van der Waals surface area contributed by atoms with Gasteiger partial charge in [-0.1, -0.05) is 26.0 Å². The van der Waals surface area contributed by atoms with E-state index >= 15 is 0 Å². The van der Waals surface area contributed by atoms with E-state index < -0.39 is 22.6 Å². The molecule has 0 bridgehead atoms. The molecule has 11 heteroatoms. The van der Waals surface area contributed by atoms with Crippen LogP contribution in [0.1, 0.15) is 25.0 Å². The van der Waals surface area contributed by atoms with Crippen molar-refractivity contribution in [1.82, 2.24) is 10.3 Å². The number of benzene rings is 1. The minimum atomic E-state index is -4.36. The van der Waals surface area contributed by atoms with Gasteiger partial charge in [-0.05, 0) is 23.8 Å². The van der Waals surface area contributed by atoms with Gasteiger partial charge in [-0.15, -0.1) is 0 Å². The van der Waals surface area contributed by atoms with E-state index in [0.29, 0.717) is 24.5 Å². The Hall–Kier alpha value is -2.82. The molecule has 2 aliphatic rings. The molecule has 0 aliphatic carbocycles. The zero-order valence-corrected chi connectivity index (χ0v) is 18.4. The summed E-state index contributed by atoms with van der Waals surface area (Å²) in [5.41, 5.74) is 0.905. The average molecular weight is 469 g/mol. The Morgan fingerprint density at radius 1 is 1.22 bits per heavy atom. The number of amidine groups is 1.